The third kappa shape index (κ3) is 12.9. The second-order valence-electron chi connectivity index (χ2n) is 4.66. The van der Waals surface area contributed by atoms with Crippen molar-refractivity contribution < 1.29 is 19.4 Å². The zero-order valence-corrected chi connectivity index (χ0v) is 11.9. The molecule has 0 aliphatic heterocycles. The molecule has 6 nitrogen and oxygen atoms in total. The van der Waals surface area contributed by atoms with Crippen LogP contribution in [0.1, 0.15) is 39.5 Å². The summed E-state index contributed by atoms with van der Waals surface area (Å²) < 4.78 is 5.36. The Morgan fingerprint density at radius 2 is 1.89 bits per heavy atom. The van der Waals surface area contributed by atoms with Gasteiger partial charge in [0.15, 0.2) is 0 Å². The molecule has 6 heteroatoms. The fourth-order valence-electron chi connectivity index (χ4n) is 1.42. The van der Waals surface area contributed by atoms with E-state index in [4.69, 9.17) is 9.84 Å². The van der Waals surface area contributed by atoms with Gasteiger partial charge in [-0.25, -0.2) is 4.79 Å². The van der Waals surface area contributed by atoms with Crippen molar-refractivity contribution in [1.29, 1.82) is 0 Å². The molecule has 1 atom stereocenters. The van der Waals surface area contributed by atoms with Crippen LogP contribution in [0, 0.1) is 5.92 Å². The maximum absolute atomic E-state index is 11.4. The van der Waals surface area contributed by atoms with E-state index < -0.39 is 5.97 Å². The summed E-state index contributed by atoms with van der Waals surface area (Å²) in [6, 6.07) is -0.259. The SMILES string of the molecule is CCCCOCCCNC(=O)NCC(C)CC(=O)O. The number of rotatable bonds is 11. The number of aliphatic carboxylic acids is 1. The first-order chi connectivity index (χ1) is 9.06. The van der Waals surface area contributed by atoms with Crippen LogP contribution in [0.3, 0.4) is 0 Å². The molecular formula is C13H26N2O4. The molecule has 0 fully saturated rings. The van der Waals surface area contributed by atoms with Crippen molar-refractivity contribution in [1.82, 2.24) is 10.6 Å². The van der Waals surface area contributed by atoms with Crippen LogP contribution in [0.15, 0.2) is 0 Å². The molecule has 0 saturated carbocycles. The first kappa shape index (κ1) is 17.7. The van der Waals surface area contributed by atoms with Crippen LogP contribution >= 0.6 is 0 Å². The van der Waals surface area contributed by atoms with Crippen LogP contribution in [0.2, 0.25) is 0 Å². The summed E-state index contributed by atoms with van der Waals surface area (Å²) in [6.07, 6.45) is 3.03. The smallest absolute Gasteiger partial charge is 0.314 e. The van der Waals surface area contributed by atoms with Crippen LogP contribution in [-0.4, -0.2) is 43.4 Å². The Labute approximate surface area is 114 Å². The molecule has 0 aromatic carbocycles. The molecule has 0 rings (SSSR count). The van der Waals surface area contributed by atoms with E-state index in [0.717, 1.165) is 25.9 Å². The largest absolute Gasteiger partial charge is 0.481 e. The minimum atomic E-state index is -0.848. The molecule has 19 heavy (non-hydrogen) atoms. The van der Waals surface area contributed by atoms with Crippen LogP contribution < -0.4 is 10.6 Å². The molecule has 0 aliphatic carbocycles. The average Bonchev–Trinajstić information content (AvgIpc) is 2.34. The quantitative estimate of drug-likeness (QED) is 0.499. The topological polar surface area (TPSA) is 87.7 Å². The number of urea groups is 1. The Bertz CT molecular complexity index is 259. The number of amides is 2. The number of hydrogen-bond acceptors (Lipinski definition) is 3. The van der Waals surface area contributed by atoms with Gasteiger partial charge in [0.2, 0.25) is 0 Å². The summed E-state index contributed by atoms with van der Waals surface area (Å²) in [5.74, 6) is -0.917. The summed E-state index contributed by atoms with van der Waals surface area (Å²) in [4.78, 5) is 21.8. The lowest BCUT2D eigenvalue weighted by Gasteiger charge is -2.11. The van der Waals surface area contributed by atoms with Gasteiger partial charge in [-0.15, -0.1) is 0 Å². The van der Waals surface area contributed by atoms with E-state index in [-0.39, 0.29) is 18.4 Å². The van der Waals surface area contributed by atoms with Gasteiger partial charge in [0.05, 0.1) is 0 Å². The maximum Gasteiger partial charge on any atom is 0.314 e. The molecular weight excluding hydrogens is 248 g/mol. The van der Waals surface area contributed by atoms with Crippen LogP contribution in [0.4, 0.5) is 4.79 Å². The highest BCUT2D eigenvalue weighted by Gasteiger charge is 2.08. The molecule has 3 N–H and O–H groups in total. The summed E-state index contributed by atoms with van der Waals surface area (Å²) in [7, 11) is 0. The molecule has 1 unspecified atom stereocenters. The van der Waals surface area contributed by atoms with Crippen molar-refractivity contribution in [2.24, 2.45) is 5.92 Å². The molecule has 0 aromatic heterocycles. The lowest BCUT2D eigenvalue weighted by Crippen LogP contribution is -2.38. The highest BCUT2D eigenvalue weighted by atomic mass is 16.5. The van der Waals surface area contributed by atoms with Crippen molar-refractivity contribution in [3.05, 3.63) is 0 Å². The monoisotopic (exact) mass is 274 g/mol. The molecule has 0 bridgehead atoms. The Kier molecular flexibility index (Phi) is 11.0. The molecule has 0 saturated heterocycles. The van der Waals surface area contributed by atoms with Gasteiger partial charge in [-0.2, -0.15) is 0 Å². The lowest BCUT2D eigenvalue weighted by atomic mass is 10.1. The number of hydrogen-bond donors (Lipinski definition) is 3. The third-order valence-electron chi connectivity index (χ3n) is 2.53. The van der Waals surface area contributed by atoms with Gasteiger partial charge in [0, 0.05) is 32.7 Å². The van der Waals surface area contributed by atoms with Crippen molar-refractivity contribution in [3.8, 4) is 0 Å². The van der Waals surface area contributed by atoms with Gasteiger partial charge in [0.25, 0.3) is 0 Å². The van der Waals surface area contributed by atoms with Crippen molar-refractivity contribution in [2.75, 3.05) is 26.3 Å². The number of nitrogens with one attached hydrogen (secondary N) is 2. The van der Waals surface area contributed by atoms with Gasteiger partial charge in [-0.1, -0.05) is 20.3 Å². The third-order valence-corrected chi connectivity index (χ3v) is 2.53. The van der Waals surface area contributed by atoms with E-state index >= 15 is 0 Å². The molecule has 0 spiro atoms. The number of carboxylic acid groups (broad SMARTS) is 1. The summed E-state index contributed by atoms with van der Waals surface area (Å²) in [6.45, 7) is 6.25. The predicted molar refractivity (Wildman–Crippen MR) is 73.2 cm³/mol. The van der Waals surface area contributed by atoms with E-state index in [1.807, 2.05) is 0 Å². The Morgan fingerprint density at radius 1 is 1.21 bits per heavy atom. The standard InChI is InChI=1S/C13H26N2O4/c1-3-4-7-19-8-5-6-14-13(18)15-10-11(2)9-12(16)17/h11H,3-10H2,1-2H3,(H,16,17)(H2,14,15,18). The van der Waals surface area contributed by atoms with Crippen molar-refractivity contribution in [2.45, 2.75) is 39.5 Å². The van der Waals surface area contributed by atoms with Crippen LogP contribution in [0.5, 0.6) is 0 Å². The van der Waals surface area contributed by atoms with E-state index in [1.54, 1.807) is 6.92 Å². The summed E-state index contributed by atoms with van der Waals surface area (Å²) in [5.41, 5.74) is 0. The first-order valence-corrected chi connectivity index (χ1v) is 6.87. The summed E-state index contributed by atoms with van der Waals surface area (Å²) in [5, 5.41) is 13.9. The molecule has 112 valence electrons. The lowest BCUT2D eigenvalue weighted by molar-refractivity contribution is -0.137. The second kappa shape index (κ2) is 11.8. The van der Waals surface area contributed by atoms with Crippen molar-refractivity contribution >= 4 is 12.0 Å². The molecule has 0 radical (unpaired) electrons. The Hall–Kier alpha value is -1.30. The van der Waals surface area contributed by atoms with Gasteiger partial charge in [0.1, 0.15) is 0 Å². The van der Waals surface area contributed by atoms with Gasteiger partial charge < -0.3 is 20.5 Å². The van der Waals surface area contributed by atoms with Gasteiger partial charge >= 0.3 is 12.0 Å². The minimum Gasteiger partial charge on any atom is -0.481 e. The average molecular weight is 274 g/mol. The molecule has 0 aliphatic rings. The minimum absolute atomic E-state index is 0.0611. The number of unbranched alkanes of at least 4 members (excludes halogenated alkanes) is 1. The van der Waals surface area contributed by atoms with Gasteiger partial charge in [-0.3, -0.25) is 4.79 Å². The van der Waals surface area contributed by atoms with E-state index in [2.05, 4.69) is 17.6 Å². The molecule has 0 heterocycles. The molecule has 0 aromatic rings. The predicted octanol–water partition coefficient (Wildman–Crippen LogP) is 1.60. The van der Waals surface area contributed by atoms with E-state index in [0.29, 0.717) is 19.7 Å². The fourth-order valence-corrected chi connectivity index (χ4v) is 1.42. The first-order valence-electron chi connectivity index (χ1n) is 6.87. The Morgan fingerprint density at radius 3 is 2.53 bits per heavy atom. The van der Waals surface area contributed by atoms with Crippen LogP contribution in [-0.2, 0) is 9.53 Å². The van der Waals surface area contributed by atoms with E-state index in [1.165, 1.54) is 0 Å². The normalized spacial score (nSPS) is 11.9. The highest BCUT2D eigenvalue weighted by Crippen LogP contribution is 1.98. The zero-order chi connectivity index (χ0) is 14.5. The van der Waals surface area contributed by atoms with Gasteiger partial charge in [-0.05, 0) is 18.8 Å². The number of ether oxygens (including phenoxy) is 1. The zero-order valence-electron chi connectivity index (χ0n) is 11.9. The van der Waals surface area contributed by atoms with Crippen molar-refractivity contribution in [3.63, 3.8) is 0 Å². The number of carbonyl (C=O) groups is 2. The van der Waals surface area contributed by atoms with E-state index in [9.17, 15) is 9.59 Å². The number of carboxylic acids is 1. The number of carbonyl (C=O) groups excluding carboxylic acids is 1. The maximum atomic E-state index is 11.4. The second-order valence-corrected chi connectivity index (χ2v) is 4.66. The molecule has 2 amide bonds. The van der Waals surface area contributed by atoms with Crippen LogP contribution in [0.25, 0.3) is 0 Å². The Balaban J connectivity index is 3.37. The highest BCUT2D eigenvalue weighted by molar-refractivity contribution is 5.73. The summed E-state index contributed by atoms with van der Waals surface area (Å²) >= 11 is 0. The fraction of sp³-hybridized carbons (Fsp3) is 0.846.